The molecule has 0 bridgehead atoms. The van der Waals surface area contributed by atoms with Gasteiger partial charge in [-0.2, -0.15) is 0 Å². The number of ether oxygens (including phenoxy) is 2. The van der Waals surface area contributed by atoms with E-state index in [9.17, 15) is 0 Å². The smallest absolute Gasteiger partial charge is 0.159 e. The topological polar surface area (TPSA) is 31.0 Å². The minimum atomic E-state index is -0.782. The maximum absolute atomic E-state index is 5.41. The van der Waals surface area contributed by atoms with E-state index in [4.69, 9.17) is 13.6 Å². The van der Waals surface area contributed by atoms with Crippen LogP contribution in [0.25, 0.3) is 0 Å². The highest BCUT2D eigenvalue weighted by Crippen LogP contribution is 2.08. The van der Waals surface area contributed by atoms with Gasteiger partial charge in [0.25, 0.3) is 0 Å². The van der Waals surface area contributed by atoms with Gasteiger partial charge in [0.05, 0.1) is 13.2 Å². The Morgan fingerprint density at radius 3 is 3.00 bits per heavy atom. The van der Waals surface area contributed by atoms with Gasteiger partial charge in [0.2, 0.25) is 0 Å². The first-order valence-corrected chi connectivity index (χ1v) is 7.81. The molecule has 12 heavy (non-hydrogen) atoms. The van der Waals surface area contributed by atoms with Crippen LogP contribution >= 0.6 is 0 Å². The molecule has 1 heterocycles. The molecule has 0 N–H and O–H groups in total. The van der Waals surface area contributed by atoms with Crippen LogP contribution in [-0.2, 0) is 13.6 Å². The Labute approximate surface area is 78.7 Å². The second-order valence-electron chi connectivity index (χ2n) is 3.22. The Morgan fingerprint density at radius 1 is 1.67 bits per heavy atom. The highest BCUT2D eigenvalue weighted by molar-refractivity contribution is 6.54. The van der Waals surface area contributed by atoms with Gasteiger partial charge in [-0.25, -0.2) is 0 Å². The van der Waals surface area contributed by atoms with E-state index < -0.39 is 9.04 Å². The summed E-state index contributed by atoms with van der Waals surface area (Å²) in [6, 6.07) is 1.25. The molecule has 0 aromatic carbocycles. The quantitative estimate of drug-likeness (QED) is 0.318. The molecular formula is C7H18O3Si2. The van der Waals surface area contributed by atoms with E-state index in [1.165, 1.54) is 6.04 Å². The van der Waals surface area contributed by atoms with E-state index in [1.54, 1.807) is 0 Å². The third-order valence-corrected chi connectivity index (χ3v) is 6.45. The monoisotopic (exact) mass is 206 g/mol. The third-order valence-electron chi connectivity index (χ3n) is 2.01. The zero-order chi connectivity index (χ0) is 8.81. The van der Waals surface area contributed by atoms with Crippen LogP contribution < -0.4 is 0 Å². The summed E-state index contributed by atoms with van der Waals surface area (Å²) in [6.07, 6.45) is 1.57. The summed E-state index contributed by atoms with van der Waals surface area (Å²) >= 11 is 0. The van der Waals surface area contributed by atoms with E-state index in [0.717, 1.165) is 36.7 Å². The van der Waals surface area contributed by atoms with Crippen molar-refractivity contribution in [3.63, 3.8) is 0 Å². The number of hydrogen-bond acceptors (Lipinski definition) is 3. The first kappa shape index (κ1) is 10.4. The van der Waals surface area contributed by atoms with Gasteiger partial charge in [-0.05, 0) is 19.0 Å². The van der Waals surface area contributed by atoms with Crippen LogP contribution in [0.1, 0.15) is 6.42 Å². The Balaban J connectivity index is 1.75. The van der Waals surface area contributed by atoms with Crippen LogP contribution in [0.5, 0.6) is 0 Å². The van der Waals surface area contributed by atoms with E-state index in [2.05, 4.69) is 6.55 Å². The fourth-order valence-corrected chi connectivity index (χ4v) is 2.65. The van der Waals surface area contributed by atoms with E-state index in [-0.39, 0.29) is 0 Å². The maximum Gasteiger partial charge on any atom is 0.159 e. The van der Waals surface area contributed by atoms with Gasteiger partial charge in [0, 0.05) is 6.61 Å². The molecule has 0 amide bonds. The molecule has 2 atom stereocenters. The molecular weight excluding hydrogens is 188 g/mol. The molecule has 0 saturated carbocycles. The minimum Gasteiger partial charge on any atom is -0.466 e. The van der Waals surface area contributed by atoms with Crippen molar-refractivity contribution in [2.75, 3.05) is 19.8 Å². The van der Waals surface area contributed by atoms with Crippen LogP contribution in [-0.4, -0.2) is 45.5 Å². The first-order valence-electron chi connectivity index (χ1n) is 4.55. The lowest BCUT2D eigenvalue weighted by Crippen LogP contribution is -2.12. The Kier molecular flexibility index (Phi) is 5.09. The van der Waals surface area contributed by atoms with E-state index in [0.29, 0.717) is 6.10 Å². The molecule has 1 fully saturated rings. The molecule has 0 aromatic rings. The second kappa shape index (κ2) is 5.87. The first-order chi connectivity index (χ1) is 5.83. The molecule has 1 rings (SSSR count). The lowest BCUT2D eigenvalue weighted by atomic mass is 10.5. The lowest BCUT2D eigenvalue weighted by molar-refractivity contribution is 0.117. The largest absolute Gasteiger partial charge is 0.466 e. The Morgan fingerprint density at radius 2 is 2.42 bits per heavy atom. The molecule has 0 aromatic heterocycles. The molecule has 2 unspecified atom stereocenters. The molecule has 1 aliphatic heterocycles. The van der Waals surface area contributed by atoms with Gasteiger partial charge in [-0.1, -0.05) is 0 Å². The van der Waals surface area contributed by atoms with Crippen LogP contribution in [0.3, 0.4) is 0 Å². The maximum atomic E-state index is 5.41. The minimum absolute atomic E-state index is 0.412. The summed E-state index contributed by atoms with van der Waals surface area (Å²) in [5.74, 6) is 0. The molecule has 72 valence electrons. The van der Waals surface area contributed by atoms with Gasteiger partial charge in [0.15, 0.2) is 9.04 Å². The van der Waals surface area contributed by atoms with Crippen LogP contribution in [0.2, 0.25) is 12.6 Å². The predicted octanol–water partition coefficient (Wildman–Crippen LogP) is -0.558. The fraction of sp³-hybridized carbons (Fsp3) is 1.00. The molecule has 0 radical (unpaired) electrons. The summed E-state index contributed by atoms with van der Waals surface area (Å²) in [7, 11) is 0.118. The van der Waals surface area contributed by atoms with Crippen molar-refractivity contribution in [3.05, 3.63) is 0 Å². The summed E-state index contributed by atoms with van der Waals surface area (Å²) in [6.45, 7) is 4.81. The zero-order valence-corrected chi connectivity index (χ0v) is 11.1. The van der Waals surface area contributed by atoms with Gasteiger partial charge in [-0.15, -0.1) is 0 Å². The van der Waals surface area contributed by atoms with Gasteiger partial charge < -0.3 is 13.6 Å². The Hall–Kier alpha value is 0.314. The standard InChI is InChI=1S/C7H18O3Si2/c1-12(10-11)4-2-3-8-5-7-6-9-7/h7,12H,2-6H2,1,11H3. The highest BCUT2D eigenvalue weighted by atomic mass is 28.3. The SMILES string of the molecule is C[SiH](CCCOCC1CO1)O[SiH3]. The van der Waals surface area contributed by atoms with E-state index in [1.807, 2.05) is 0 Å². The second-order valence-corrected chi connectivity index (χ2v) is 7.30. The van der Waals surface area contributed by atoms with Crippen molar-refractivity contribution in [2.45, 2.75) is 25.1 Å². The third kappa shape index (κ3) is 5.05. The molecule has 1 aliphatic rings. The number of hydrogen-bond donors (Lipinski definition) is 0. The predicted molar refractivity (Wildman–Crippen MR) is 54.0 cm³/mol. The van der Waals surface area contributed by atoms with Crippen molar-refractivity contribution < 1.29 is 13.6 Å². The molecule has 0 aliphatic carbocycles. The Bertz CT molecular complexity index is 119. The normalized spacial score (nSPS) is 24.2. The highest BCUT2D eigenvalue weighted by Gasteiger charge is 2.21. The van der Waals surface area contributed by atoms with Gasteiger partial charge in [0.1, 0.15) is 16.6 Å². The van der Waals surface area contributed by atoms with Gasteiger partial charge >= 0.3 is 0 Å². The molecule has 1 saturated heterocycles. The fourth-order valence-electron chi connectivity index (χ4n) is 0.970. The molecule has 5 heteroatoms. The van der Waals surface area contributed by atoms with E-state index >= 15 is 0 Å². The average Bonchev–Trinajstić information content (AvgIpc) is 2.87. The van der Waals surface area contributed by atoms with Crippen molar-refractivity contribution in [3.8, 4) is 0 Å². The van der Waals surface area contributed by atoms with Crippen molar-refractivity contribution in [1.29, 1.82) is 0 Å². The summed E-state index contributed by atoms with van der Waals surface area (Å²) < 4.78 is 15.8. The number of epoxide rings is 1. The summed E-state index contributed by atoms with van der Waals surface area (Å²) in [5.41, 5.74) is 0. The van der Waals surface area contributed by atoms with Crippen LogP contribution in [0, 0.1) is 0 Å². The van der Waals surface area contributed by atoms with Crippen molar-refractivity contribution in [2.24, 2.45) is 0 Å². The molecule has 0 spiro atoms. The van der Waals surface area contributed by atoms with Crippen molar-refractivity contribution >= 4 is 19.5 Å². The van der Waals surface area contributed by atoms with Gasteiger partial charge in [-0.3, -0.25) is 0 Å². The van der Waals surface area contributed by atoms with Crippen molar-refractivity contribution in [1.82, 2.24) is 0 Å². The van der Waals surface area contributed by atoms with Crippen LogP contribution in [0.15, 0.2) is 0 Å². The van der Waals surface area contributed by atoms with Crippen LogP contribution in [0.4, 0.5) is 0 Å². The average molecular weight is 206 g/mol. The summed E-state index contributed by atoms with van der Waals surface area (Å²) in [5, 5.41) is 0. The molecule has 3 nitrogen and oxygen atoms in total. The lowest BCUT2D eigenvalue weighted by Gasteiger charge is -2.07. The summed E-state index contributed by atoms with van der Waals surface area (Å²) in [4.78, 5) is 0. The number of rotatable bonds is 7. The zero-order valence-electron chi connectivity index (χ0n) is 7.91.